The minimum absolute atomic E-state index is 0.0176. The van der Waals surface area contributed by atoms with Gasteiger partial charge >= 0.3 is 0 Å². The first-order chi connectivity index (χ1) is 14.0. The number of amides is 2. The molecule has 12 heteroatoms. The van der Waals surface area contributed by atoms with E-state index in [1.807, 2.05) is 0 Å². The Bertz CT molecular complexity index is 1210. The molecule has 0 aromatic heterocycles. The lowest BCUT2D eigenvalue weighted by Gasteiger charge is -2.14. The van der Waals surface area contributed by atoms with Gasteiger partial charge in [-0.2, -0.15) is 4.99 Å². The number of hydrogen-bond donors (Lipinski definition) is 4. The highest BCUT2D eigenvalue weighted by Gasteiger charge is 2.31. The number of aliphatic imine (C=N–C) groups is 1. The molecule has 0 radical (unpaired) electrons. The number of aliphatic hydroxyl groups is 1. The summed E-state index contributed by atoms with van der Waals surface area (Å²) in [6, 6.07) is 5.30. The van der Waals surface area contributed by atoms with Crippen molar-refractivity contribution in [3.63, 3.8) is 0 Å². The fraction of sp³-hybridized carbons (Fsp3) is 0.167. The van der Waals surface area contributed by atoms with E-state index in [1.54, 1.807) is 6.92 Å². The number of sulfone groups is 1. The molecule has 0 atom stereocenters. The maximum atomic E-state index is 13.1. The highest BCUT2D eigenvalue weighted by Crippen LogP contribution is 2.44. The van der Waals surface area contributed by atoms with Crippen LogP contribution in [0.4, 0.5) is 5.69 Å². The normalized spacial score (nSPS) is 13.8. The number of aryl methyl sites for hydroxylation is 1. The SMILES string of the molecule is Cc1cc(C(=O)N=C(N)N)cc2c1Oc1c(Cl)cc(NC(=O)CO)cc1CS2(=O)=O. The molecule has 2 aromatic carbocycles. The molecular weight excluding hydrogens is 436 g/mol. The number of aliphatic hydroxyl groups excluding tert-OH is 1. The summed E-state index contributed by atoms with van der Waals surface area (Å²) < 4.78 is 32.0. The van der Waals surface area contributed by atoms with Gasteiger partial charge in [0.2, 0.25) is 5.91 Å². The average Bonchev–Trinajstić information content (AvgIpc) is 2.75. The molecule has 0 aliphatic carbocycles. The van der Waals surface area contributed by atoms with E-state index in [4.69, 9.17) is 32.9 Å². The van der Waals surface area contributed by atoms with Crippen molar-refractivity contribution in [2.24, 2.45) is 16.5 Å². The Kier molecular flexibility index (Phi) is 5.70. The van der Waals surface area contributed by atoms with Gasteiger partial charge in [0.05, 0.1) is 10.8 Å². The van der Waals surface area contributed by atoms with Gasteiger partial charge in [0.25, 0.3) is 5.91 Å². The van der Waals surface area contributed by atoms with Gasteiger partial charge in [0, 0.05) is 16.8 Å². The standard InChI is InChI=1S/C18H17ClN4O6S/c1-8-2-9(17(26)23-18(20)21)4-13-15(8)29-16-10(7-30(13,27)28)3-11(5-12(16)19)22-14(25)6-24/h2-5,24H,6-7H2,1H3,(H,22,25)(H4,20,21,23,26). The van der Waals surface area contributed by atoms with Gasteiger partial charge in [-0.25, -0.2) is 8.42 Å². The van der Waals surface area contributed by atoms with Crippen LogP contribution in [0.2, 0.25) is 5.02 Å². The lowest BCUT2D eigenvalue weighted by atomic mass is 10.1. The van der Waals surface area contributed by atoms with E-state index in [9.17, 15) is 18.0 Å². The van der Waals surface area contributed by atoms with Crippen LogP contribution in [0.5, 0.6) is 11.5 Å². The molecule has 3 rings (SSSR count). The quantitative estimate of drug-likeness (QED) is 0.395. The predicted octanol–water partition coefficient (Wildman–Crippen LogP) is 1.07. The van der Waals surface area contributed by atoms with Crippen LogP contribution >= 0.6 is 11.6 Å². The van der Waals surface area contributed by atoms with Gasteiger partial charge in [-0.1, -0.05) is 11.6 Å². The van der Waals surface area contributed by atoms with Gasteiger partial charge in [0.1, 0.15) is 23.0 Å². The fourth-order valence-electron chi connectivity index (χ4n) is 2.94. The molecule has 30 heavy (non-hydrogen) atoms. The number of ether oxygens (including phenoxy) is 1. The summed E-state index contributed by atoms with van der Waals surface area (Å²) in [5.74, 6) is -2.33. The molecule has 10 nitrogen and oxygen atoms in total. The first-order valence-electron chi connectivity index (χ1n) is 8.44. The smallest absolute Gasteiger partial charge is 0.280 e. The Labute approximate surface area is 176 Å². The van der Waals surface area contributed by atoms with Crippen LogP contribution < -0.4 is 21.5 Å². The van der Waals surface area contributed by atoms with Crippen molar-refractivity contribution in [2.75, 3.05) is 11.9 Å². The topological polar surface area (TPSA) is 174 Å². The van der Waals surface area contributed by atoms with E-state index in [1.165, 1.54) is 18.2 Å². The maximum absolute atomic E-state index is 13.1. The van der Waals surface area contributed by atoms with Crippen molar-refractivity contribution < 1.29 is 27.9 Å². The molecule has 0 saturated heterocycles. The third kappa shape index (κ3) is 4.22. The Morgan fingerprint density at radius 1 is 1.23 bits per heavy atom. The van der Waals surface area contributed by atoms with E-state index in [0.717, 1.165) is 6.07 Å². The predicted molar refractivity (Wildman–Crippen MR) is 109 cm³/mol. The summed E-state index contributed by atoms with van der Waals surface area (Å²) in [7, 11) is -3.98. The first-order valence-corrected chi connectivity index (χ1v) is 10.5. The van der Waals surface area contributed by atoms with Crippen molar-refractivity contribution in [3.8, 4) is 11.5 Å². The number of rotatable bonds is 3. The van der Waals surface area contributed by atoms with Crippen LogP contribution in [0.15, 0.2) is 34.2 Å². The Morgan fingerprint density at radius 3 is 2.57 bits per heavy atom. The number of halogens is 1. The number of nitrogens with one attached hydrogen (secondary N) is 1. The molecule has 1 heterocycles. The number of guanidine groups is 1. The molecule has 1 aliphatic rings. The molecule has 158 valence electrons. The van der Waals surface area contributed by atoms with Gasteiger partial charge < -0.3 is 26.6 Å². The molecule has 0 fully saturated rings. The molecule has 2 aromatic rings. The van der Waals surface area contributed by atoms with Crippen molar-refractivity contribution in [2.45, 2.75) is 17.6 Å². The Morgan fingerprint density at radius 2 is 1.93 bits per heavy atom. The number of nitrogens with two attached hydrogens (primary N) is 2. The van der Waals surface area contributed by atoms with Crippen molar-refractivity contribution in [1.29, 1.82) is 0 Å². The van der Waals surface area contributed by atoms with Crippen LogP contribution in [-0.4, -0.2) is 37.9 Å². The zero-order chi connectivity index (χ0) is 22.2. The molecule has 6 N–H and O–H groups in total. The van der Waals surface area contributed by atoms with Crippen LogP contribution in [-0.2, 0) is 20.4 Å². The van der Waals surface area contributed by atoms with E-state index >= 15 is 0 Å². The van der Waals surface area contributed by atoms with Crippen molar-refractivity contribution in [1.82, 2.24) is 0 Å². The number of nitrogens with zero attached hydrogens (tertiary/aromatic N) is 1. The second-order valence-corrected chi connectivity index (χ2v) is 8.84. The molecule has 0 unspecified atom stereocenters. The lowest BCUT2D eigenvalue weighted by Crippen LogP contribution is -2.24. The number of anilines is 1. The first kappa shape index (κ1) is 21.6. The van der Waals surface area contributed by atoms with E-state index < -0.39 is 40.0 Å². The Hall–Kier alpha value is -3.15. The molecule has 1 aliphatic heterocycles. The second kappa shape index (κ2) is 7.94. The van der Waals surface area contributed by atoms with Crippen LogP contribution in [0, 0.1) is 6.92 Å². The summed E-state index contributed by atoms with van der Waals surface area (Å²) in [6.07, 6.45) is 0. The van der Waals surface area contributed by atoms with Crippen molar-refractivity contribution >= 4 is 44.9 Å². The highest BCUT2D eigenvalue weighted by molar-refractivity contribution is 7.90. The minimum Gasteiger partial charge on any atom is -0.454 e. The van der Waals surface area contributed by atoms with Crippen LogP contribution in [0.1, 0.15) is 21.5 Å². The molecule has 2 amide bonds. The molecule has 0 saturated carbocycles. The fourth-order valence-corrected chi connectivity index (χ4v) is 4.79. The summed E-state index contributed by atoms with van der Waals surface area (Å²) in [5.41, 5.74) is 11.2. The molecule has 0 bridgehead atoms. The number of carbonyl (C=O) groups is 2. The highest BCUT2D eigenvalue weighted by atomic mass is 35.5. The van der Waals surface area contributed by atoms with E-state index in [0.29, 0.717) is 5.56 Å². The summed E-state index contributed by atoms with van der Waals surface area (Å²) in [5, 5.41) is 11.3. The summed E-state index contributed by atoms with van der Waals surface area (Å²) in [4.78, 5) is 26.8. The zero-order valence-corrected chi connectivity index (χ0v) is 17.2. The third-order valence-corrected chi connectivity index (χ3v) is 6.10. The number of benzene rings is 2. The maximum Gasteiger partial charge on any atom is 0.280 e. The Balaban J connectivity index is 2.15. The average molecular weight is 453 g/mol. The summed E-state index contributed by atoms with van der Waals surface area (Å²) in [6.45, 7) is 0.816. The van der Waals surface area contributed by atoms with Crippen LogP contribution in [0.25, 0.3) is 0 Å². The zero-order valence-electron chi connectivity index (χ0n) is 15.6. The van der Waals surface area contributed by atoms with Gasteiger partial charge in [-0.15, -0.1) is 0 Å². The minimum atomic E-state index is -3.98. The molecular formula is C18H17ClN4O6S. The van der Waals surface area contributed by atoms with Gasteiger partial charge in [-0.05, 0) is 36.8 Å². The third-order valence-electron chi connectivity index (χ3n) is 4.15. The van der Waals surface area contributed by atoms with Gasteiger partial charge in [-0.3, -0.25) is 9.59 Å². The van der Waals surface area contributed by atoms with Crippen molar-refractivity contribution in [3.05, 3.63) is 46.0 Å². The number of fused-ring (bicyclic) bond motifs is 2. The monoisotopic (exact) mass is 452 g/mol. The molecule has 0 spiro atoms. The number of carbonyl (C=O) groups excluding carboxylic acids is 2. The summed E-state index contributed by atoms with van der Waals surface area (Å²) >= 11 is 6.26. The van der Waals surface area contributed by atoms with E-state index in [-0.39, 0.29) is 38.2 Å². The number of hydrogen-bond acceptors (Lipinski definition) is 6. The largest absolute Gasteiger partial charge is 0.454 e. The lowest BCUT2D eigenvalue weighted by molar-refractivity contribution is -0.118. The second-order valence-electron chi connectivity index (χ2n) is 6.48. The van der Waals surface area contributed by atoms with Crippen LogP contribution in [0.3, 0.4) is 0 Å². The van der Waals surface area contributed by atoms with E-state index in [2.05, 4.69) is 10.3 Å². The van der Waals surface area contributed by atoms with Gasteiger partial charge in [0.15, 0.2) is 15.8 Å².